The maximum absolute atomic E-state index is 6.05. The van der Waals surface area contributed by atoms with Crippen LogP contribution in [0.25, 0.3) is 0 Å². The molecular weight excluding hydrogens is 519 g/mol. The molecule has 0 aliphatic heterocycles. The lowest BCUT2D eigenvalue weighted by Crippen LogP contribution is -1.89. The Kier molecular flexibility index (Phi) is 5.18. The maximum Gasteiger partial charge on any atom is 0.0843 e. The number of benzene rings is 1. The largest absolute Gasteiger partial charge is 0.131 e. The number of rotatable bonds is 2. The summed E-state index contributed by atoms with van der Waals surface area (Å²) in [5.41, 5.74) is 1.13. The second-order valence-corrected chi connectivity index (χ2v) is 8.86. The van der Waals surface area contributed by atoms with Crippen LogP contribution in [0.3, 0.4) is 0 Å². The van der Waals surface area contributed by atoms with E-state index in [1.54, 1.807) is 11.3 Å². The van der Waals surface area contributed by atoms with E-state index in [2.05, 4.69) is 75.9 Å². The highest BCUT2D eigenvalue weighted by atomic mass is 79.9. The molecule has 1 aromatic carbocycles. The summed E-state index contributed by atoms with van der Waals surface area (Å²) in [6, 6.07) is 8.01. The molecule has 0 aliphatic carbocycles. The van der Waals surface area contributed by atoms with E-state index in [-0.39, 0.29) is 4.83 Å². The number of alkyl halides is 1. The minimum Gasteiger partial charge on any atom is -0.131 e. The highest BCUT2D eigenvalue weighted by molar-refractivity contribution is 9.13. The summed E-state index contributed by atoms with van der Waals surface area (Å²) in [6.45, 7) is 0. The molecule has 1 unspecified atom stereocenters. The molecule has 6 heteroatoms. The van der Waals surface area contributed by atoms with Gasteiger partial charge in [0, 0.05) is 18.8 Å². The van der Waals surface area contributed by atoms with Gasteiger partial charge in [-0.15, -0.1) is 11.3 Å². The Labute approximate surface area is 142 Å². The number of thiophene rings is 1. The summed E-state index contributed by atoms with van der Waals surface area (Å²) in [5, 5.41) is 0.730. The van der Waals surface area contributed by atoms with Crippen LogP contribution >= 0.6 is 86.7 Å². The Hall–Kier alpha value is 1.13. The summed E-state index contributed by atoms with van der Waals surface area (Å²) in [5.74, 6) is 0. The SMILES string of the molecule is Clc1cc(Br)cc(C(Br)c2cc(Br)c(Br)s2)c1. The molecule has 0 fully saturated rings. The molecule has 0 nitrogen and oxygen atoms in total. The molecule has 90 valence electrons. The van der Waals surface area contributed by atoms with Crippen LogP contribution in [0.4, 0.5) is 0 Å². The zero-order valence-electron chi connectivity index (χ0n) is 8.18. The Bertz CT molecular complexity index is 513. The molecule has 2 rings (SSSR count). The third-order valence-electron chi connectivity index (χ3n) is 2.09. The van der Waals surface area contributed by atoms with E-state index >= 15 is 0 Å². The van der Waals surface area contributed by atoms with Crippen molar-refractivity contribution in [2.45, 2.75) is 4.83 Å². The van der Waals surface area contributed by atoms with E-state index in [1.165, 1.54) is 4.88 Å². The molecule has 0 bridgehead atoms. The molecule has 0 spiro atoms. The Morgan fingerprint density at radius 3 is 2.29 bits per heavy atom. The third kappa shape index (κ3) is 3.57. The zero-order chi connectivity index (χ0) is 12.6. The van der Waals surface area contributed by atoms with Crippen LogP contribution in [0.5, 0.6) is 0 Å². The summed E-state index contributed by atoms with van der Waals surface area (Å²) in [7, 11) is 0. The van der Waals surface area contributed by atoms with Crippen LogP contribution in [-0.4, -0.2) is 0 Å². The lowest BCUT2D eigenvalue weighted by Gasteiger charge is -2.09. The van der Waals surface area contributed by atoms with Crippen molar-refractivity contribution < 1.29 is 0 Å². The lowest BCUT2D eigenvalue weighted by atomic mass is 10.1. The molecule has 1 atom stereocenters. The smallest absolute Gasteiger partial charge is 0.0843 e. The van der Waals surface area contributed by atoms with Gasteiger partial charge in [-0.2, -0.15) is 0 Å². The minimum atomic E-state index is 0.144. The van der Waals surface area contributed by atoms with Gasteiger partial charge in [-0.25, -0.2) is 0 Å². The van der Waals surface area contributed by atoms with Crippen molar-refractivity contribution in [3.8, 4) is 0 Å². The molecule has 1 aromatic heterocycles. The van der Waals surface area contributed by atoms with Crippen LogP contribution in [-0.2, 0) is 0 Å². The van der Waals surface area contributed by atoms with Gasteiger partial charge in [0.1, 0.15) is 0 Å². The van der Waals surface area contributed by atoms with Gasteiger partial charge in [-0.3, -0.25) is 0 Å². The highest BCUT2D eigenvalue weighted by Gasteiger charge is 2.15. The molecule has 0 radical (unpaired) electrons. The van der Waals surface area contributed by atoms with Crippen LogP contribution in [0, 0.1) is 0 Å². The average Bonchev–Trinajstić information content (AvgIpc) is 2.57. The summed E-state index contributed by atoms with van der Waals surface area (Å²) in [6.07, 6.45) is 0. The quantitative estimate of drug-likeness (QED) is 0.366. The van der Waals surface area contributed by atoms with Crippen molar-refractivity contribution in [2.24, 2.45) is 0 Å². The third-order valence-corrected chi connectivity index (χ3v) is 7.41. The molecule has 0 amide bonds. The topological polar surface area (TPSA) is 0 Å². The van der Waals surface area contributed by atoms with Gasteiger partial charge in [0.2, 0.25) is 0 Å². The number of hydrogen-bond acceptors (Lipinski definition) is 1. The van der Waals surface area contributed by atoms with E-state index in [9.17, 15) is 0 Å². The fourth-order valence-corrected chi connectivity index (χ4v) is 5.03. The number of halogens is 5. The fraction of sp³-hybridized carbons (Fsp3) is 0.0909. The normalized spacial score (nSPS) is 12.8. The lowest BCUT2D eigenvalue weighted by molar-refractivity contribution is 1.22. The van der Waals surface area contributed by atoms with Crippen molar-refractivity contribution in [1.29, 1.82) is 0 Å². The van der Waals surface area contributed by atoms with Crippen molar-refractivity contribution in [3.63, 3.8) is 0 Å². The van der Waals surface area contributed by atoms with Crippen molar-refractivity contribution in [3.05, 3.63) is 52.5 Å². The second-order valence-electron chi connectivity index (χ2n) is 3.34. The highest BCUT2D eigenvalue weighted by Crippen LogP contribution is 2.42. The summed E-state index contributed by atoms with van der Waals surface area (Å²) < 4.78 is 3.15. The van der Waals surface area contributed by atoms with Gasteiger partial charge in [-0.05, 0) is 61.7 Å². The van der Waals surface area contributed by atoms with E-state index < -0.39 is 0 Å². The van der Waals surface area contributed by atoms with Crippen molar-refractivity contribution in [1.82, 2.24) is 0 Å². The van der Waals surface area contributed by atoms with Gasteiger partial charge in [0.15, 0.2) is 0 Å². The number of hydrogen-bond donors (Lipinski definition) is 0. The summed E-state index contributed by atoms with van der Waals surface area (Å²) >= 11 is 21.9. The molecular formula is C11H5Br4ClS. The van der Waals surface area contributed by atoms with Gasteiger partial charge in [0.25, 0.3) is 0 Å². The molecule has 1 heterocycles. The van der Waals surface area contributed by atoms with Crippen LogP contribution in [0.1, 0.15) is 15.3 Å². The van der Waals surface area contributed by atoms with E-state index in [0.717, 1.165) is 23.3 Å². The Balaban J connectivity index is 2.39. The average molecular weight is 524 g/mol. The summed E-state index contributed by atoms with van der Waals surface area (Å²) in [4.78, 5) is 1.36. The molecule has 17 heavy (non-hydrogen) atoms. The molecule has 2 aromatic rings. The second kappa shape index (κ2) is 6.06. The standard InChI is InChI=1S/C11H5Br4ClS/c12-6-1-5(2-7(16)3-6)10(14)9-4-8(13)11(15)17-9/h1-4,10H. The van der Waals surface area contributed by atoms with Gasteiger partial charge in [-0.1, -0.05) is 43.5 Å². The molecule has 0 N–H and O–H groups in total. The molecule has 0 saturated carbocycles. The van der Waals surface area contributed by atoms with Crippen LogP contribution < -0.4 is 0 Å². The van der Waals surface area contributed by atoms with Crippen molar-refractivity contribution in [2.75, 3.05) is 0 Å². The van der Waals surface area contributed by atoms with E-state index in [4.69, 9.17) is 11.6 Å². The van der Waals surface area contributed by atoms with Crippen molar-refractivity contribution >= 4 is 86.7 Å². The Morgan fingerprint density at radius 2 is 1.76 bits per heavy atom. The first kappa shape index (κ1) is 14.5. The zero-order valence-corrected chi connectivity index (χ0v) is 16.1. The monoisotopic (exact) mass is 520 g/mol. The molecule has 0 aliphatic rings. The van der Waals surface area contributed by atoms with Crippen LogP contribution in [0.2, 0.25) is 5.02 Å². The Morgan fingerprint density at radius 1 is 1.06 bits per heavy atom. The molecule has 0 saturated heterocycles. The van der Waals surface area contributed by atoms with Gasteiger partial charge >= 0.3 is 0 Å². The van der Waals surface area contributed by atoms with Gasteiger partial charge < -0.3 is 0 Å². The predicted octanol–water partition coefficient (Wildman–Crippen LogP) is 7.17. The van der Waals surface area contributed by atoms with E-state index in [1.807, 2.05) is 12.1 Å². The van der Waals surface area contributed by atoms with Gasteiger partial charge in [0.05, 0.1) is 8.61 Å². The fourth-order valence-electron chi connectivity index (χ4n) is 1.37. The first-order valence-electron chi connectivity index (χ1n) is 4.52. The first-order valence-corrected chi connectivity index (χ1v) is 9.01. The maximum atomic E-state index is 6.05. The first-order chi connectivity index (χ1) is 7.97. The predicted molar refractivity (Wildman–Crippen MR) is 89.6 cm³/mol. The van der Waals surface area contributed by atoms with Crippen LogP contribution in [0.15, 0.2) is 37.0 Å². The minimum absolute atomic E-state index is 0.144. The van der Waals surface area contributed by atoms with E-state index in [0.29, 0.717) is 0 Å².